The van der Waals surface area contributed by atoms with Crippen molar-refractivity contribution in [1.29, 1.82) is 0 Å². The van der Waals surface area contributed by atoms with Crippen LogP contribution in [0.5, 0.6) is 0 Å². The molecule has 1 aliphatic rings. The Morgan fingerprint density at radius 3 is 2.41 bits per heavy atom. The second-order valence-electron chi connectivity index (χ2n) is 8.56. The van der Waals surface area contributed by atoms with E-state index in [9.17, 15) is 14.4 Å². The molecule has 1 fully saturated rings. The minimum atomic E-state index is -0.613. The topological polar surface area (TPSA) is 72.9 Å². The summed E-state index contributed by atoms with van der Waals surface area (Å²) in [5.74, 6) is -0.752. The molecule has 0 spiro atoms. The van der Waals surface area contributed by atoms with Crippen LogP contribution in [-0.4, -0.2) is 35.5 Å². The molecule has 174 valence electrons. The molecule has 1 atom stereocenters. The molecule has 0 bridgehead atoms. The maximum atomic E-state index is 12.9. The van der Waals surface area contributed by atoms with Crippen LogP contribution in [0, 0.1) is 13.8 Å². The molecule has 3 aromatic rings. The van der Waals surface area contributed by atoms with Crippen molar-refractivity contribution in [2.45, 2.75) is 39.3 Å². The van der Waals surface area contributed by atoms with Gasteiger partial charge in [0.25, 0.3) is 0 Å². The maximum absolute atomic E-state index is 12.9. The van der Waals surface area contributed by atoms with Crippen LogP contribution in [0.1, 0.15) is 38.2 Å². The minimum absolute atomic E-state index is 0.0400. The molecule has 34 heavy (non-hydrogen) atoms. The third kappa shape index (κ3) is 5.52. The standard InChI is InChI=1S/C28H27NO5/c1-19-8-11-24(20(2)14-19)17-33-27(31)23-12-9-22(10-13-23)16-26(30)29-25(18-34-28(29)32)15-21-6-4-3-5-7-21/h3-14,25H,15-18H2,1-2H3/t25-/m1/s1. The van der Waals surface area contributed by atoms with Crippen molar-refractivity contribution in [2.75, 3.05) is 6.61 Å². The lowest BCUT2D eigenvalue weighted by molar-refractivity contribution is -0.128. The lowest BCUT2D eigenvalue weighted by Crippen LogP contribution is -2.41. The second kappa shape index (κ2) is 10.3. The number of nitrogens with zero attached hydrogens (tertiary/aromatic N) is 1. The number of benzene rings is 3. The van der Waals surface area contributed by atoms with Crippen molar-refractivity contribution < 1.29 is 23.9 Å². The molecule has 0 saturated carbocycles. The quantitative estimate of drug-likeness (QED) is 0.477. The lowest BCUT2D eigenvalue weighted by Gasteiger charge is -2.19. The molecular weight excluding hydrogens is 430 g/mol. The summed E-state index contributed by atoms with van der Waals surface area (Å²) in [6.45, 7) is 4.39. The minimum Gasteiger partial charge on any atom is -0.457 e. The number of rotatable bonds is 7. The molecule has 6 heteroatoms. The maximum Gasteiger partial charge on any atom is 0.416 e. The first-order valence-electron chi connectivity index (χ1n) is 11.3. The largest absolute Gasteiger partial charge is 0.457 e. The van der Waals surface area contributed by atoms with E-state index in [1.807, 2.05) is 56.3 Å². The van der Waals surface area contributed by atoms with E-state index in [0.29, 0.717) is 17.5 Å². The zero-order valence-corrected chi connectivity index (χ0v) is 19.3. The van der Waals surface area contributed by atoms with Gasteiger partial charge in [-0.15, -0.1) is 0 Å². The van der Waals surface area contributed by atoms with Gasteiger partial charge in [-0.2, -0.15) is 0 Å². The molecule has 0 aliphatic carbocycles. The smallest absolute Gasteiger partial charge is 0.416 e. The van der Waals surface area contributed by atoms with Crippen molar-refractivity contribution in [2.24, 2.45) is 0 Å². The van der Waals surface area contributed by atoms with E-state index >= 15 is 0 Å². The molecule has 2 amide bonds. The zero-order valence-electron chi connectivity index (χ0n) is 19.3. The monoisotopic (exact) mass is 457 g/mol. The Morgan fingerprint density at radius 1 is 0.971 bits per heavy atom. The summed E-state index contributed by atoms with van der Waals surface area (Å²) in [7, 11) is 0. The number of ether oxygens (including phenoxy) is 2. The van der Waals surface area contributed by atoms with Crippen LogP contribution in [0.25, 0.3) is 0 Å². The van der Waals surface area contributed by atoms with Gasteiger partial charge in [0.2, 0.25) is 5.91 Å². The predicted molar refractivity (Wildman–Crippen MR) is 127 cm³/mol. The third-order valence-corrected chi connectivity index (χ3v) is 5.95. The number of imide groups is 1. The molecule has 1 heterocycles. The van der Waals surface area contributed by atoms with E-state index < -0.39 is 12.1 Å². The summed E-state index contributed by atoms with van der Waals surface area (Å²) in [5.41, 5.74) is 5.34. The van der Waals surface area contributed by atoms with E-state index in [1.165, 1.54) is 4.90 Å². The Hall–Kier alpha value is -3.93. The van der Waals surface area contributed by atoms with Crippen LogP contribution >= 0.6 is 0 Å². The number of carbonyl (C=O) groups excluding carboxylic acids is 3. The Morgan fingerprint density at radius 2 is 1.71 bits per heavy atom. The highest BCUT2D eigenvalue weighted by atomic mass is 16.6. The lowest BCUT2D eigenvalue weighted by atomic mass is 10.0. The van der Waals surface area contributed by atoms with Gasteiger partial charge in [0.15, 0.2) is 0 Å². The summed E-state index contributed by atoms with van der Waals surface area (Å²) < 4.78 is 10.6. The van der Waals surface area contributed by atoms with Gasteiger partial charge in [0, 0.05) is 0 Å². The Kier molecular flexibility index (Phi) is 7.07. The highest BCUT2D eigenvalue weighted by Gasteiger charge is 2.37. The van der Waals surface area contributed by atoms with Crippen LogP contribution in [0.3, 0.4) is 0 Å². The fraction of sp³-hybridized carbons (Fsp3) is 0.250. The van der Waals surface area contributed by atoms with Gasteiger partial charge in [0.05, 0.1) is 18.0 Å². The van der Waals surface area contributed by atoms with E-state index in [0.717, 1.165) is 22.3 Å². The molecular formula is C28H27NO5. The average molecular weight is 458 g/mol. The van der Waals surface area contributed by atoms with Crippen molar-refractivity contribution in [3.05, 3.63) is 106 Å². The number of amides is 2. The molecule has 3 aromatic carbocycles. The number of hydrogen-bond acceptors (Lipinski definition) is 5. The molecule has 4 rings (SSSR count). The van der Waals surface area contributed by atoms with E-state index in [4.69, 9.17) is 9.47 Å². The SMILES string of the molecule is Cc1ccc(COC(=O)c2ccc(CC(=O)N3C(=O)OC[C@H]3Cc3ccccc3)cc2)c(C)c1. The van der Waals surface area contributed by atoms with Gasteiger partial charge >= 0.3 is 12.1 Å². The normalized spacial score (nSPS) is 15.2. The van der Waals surface area contributed by atoms with Crippen LogP contribution in [0.15, 0.2) is 72.8 Å². The second-order valence-corrected chi connectivity index (χ2v) is 8.56. The Balaban J connectivity index is 1.35. The van der Waals surface area contributed by atoms with Crippen molar-refractivity contribution in [3.8, 4) is 0 Å². The third-order valence-electron chi connectivity index (χ3n) is 5.95. The molecule has 0 radical (unpaired) electrons. The van der Waals surface area contributed by atoms with Gasteiger partial charge in [0.1, 0.15) is 13.2 Å². The average Bonchev–Trinajstić information content (AvgIpc) is 3.19. The van der Waals surface area contributed by atoms with Crippen LogP contribution in [0.2, 0.25) is 0 Å². The summed E-state index contributed by atoms with van der Waals surface area (Å²) in [6, 6.07) is 22.0. The molecule has 0 aromatic heterocycles. The van der Waals surface area contributed by atoms with Crippen LogP contribution < -0.4 is 0 Å². The van der Waals surface area contributed by atoms with Crippen LogP contribution in [-0.2, 0) is 33.7 Å². The first-order valence-corrected chi connectivity index (χ1v) is 11.3. The van der Waals surface area contributed by atoms with Crippen LogP contribution in [0.4, 0.5) is 4.79 Å². The molecule has 6 nitrogen and oxygen atoms in total. The van der Waals surface area contributed by atoms with Gasteiger partial charge in [-0.05, 0) is 54.7 Å². The van der Waals surface area contributed by atoms with Gasteiger partial charge in [-0.1, -0.05) is 66.2 Å². The Bertz CT molecular complexity index is 1190. The van der Waals surface area contributed by atoms with E-state index in [2.05, 4.69) is 6.07 Å². The molecule has 1 aliphatic heterocycles. The predicted octanol–water partition coefficient (Wildman–Crippen LogP) is 4.79. The fourth-order valence-electron chi connectivity index (χ4n) is 4.06. The fourth-order valence-corrected chi connectivity index (χ4v) is 4.06. The van der Waals surface area contributed by atoms with E-state index in [-0.39, 0.29) is 31.6 Å². The van der Waals surface area contributed by atoms with Gasteiger partial charge < -0.3 is 9.47 Å². The summed E-state index contributed by atoms with van der Waals surface area (Å²) in [6.07, 6.45) is -0.0282. The summed E-state index contributed by atoms with van der Waals surface area (Å²) in [4.78, 5) is 38.7. The number of cyclic esters (lactones) is 1. The summed E-state index contributed by atoms with van der Waals surface area (Å²) in [5, 5.41) is 0. The van der Waals surface area contributed by atoms with Crippen molar-refractivity contribution >= 4 is 18.0 Å². The first-order chi connectivity index (χ1) is 16.4. The number of aryl methyl sites for hydroxylation is 2. The van der Waals surface area contributed by atoms with Gasteiger partial charge in [-0.3, -0.25) is 4.79 Å². The highest BCUT2D eigenvalue weighted by Crippen LogP contribution is 2.19. The molecule has 0 N–H and O–H groups in total. The number of carbonyl (C=O) groups is 3. The summed E-state index contributed by atoms with van der Waals surface area (Å²) >= 11 is 0. The van der Waals surface area contributed by atoms with Crippen molar-refractivity contribution in [3.63, 3.8) is 0 Å². The molecule has 1 saturated heterocycles. The zero-order chi connectivity index (χ0) is 24.1. The highest BCUT2D eigenvalue weighted by molar-refractivity contribution is 5.95. The molecule has 0 unspecified atom stereocenters. The van der Waals surface area contributed by atoms with E-state index in [1.54, 1.807) is 24.3 Å². The van der Waals surface area contributed by atoms with Crippen molar-refractivity contribution in [1.82, 2.24) is 4.90 Å². The number of esters is 1. The van der Waals surface area contributed by atoms with Gasteiger partial charge in [-0.25, -0.2) is 14.5 Å². The Labute approximate surface area is 199 Å². The number of hydrogen-bond donors (Lipinski definition) is 0. The first kappa shape index (κ1) is 23.2.